The first kappa shape index (κ1) is 11.4. The lowest BCUT2D eigenvalue weighted by molar-refractivity contribution is 0.0590. The van der Waals surface area contributed by atoms with Crippen molar-refractivity contribution in [3.8, 4) is 5.69 Å². The molecule has 0 amide bonds. The monoisotopic (exact) mass is 230 g/mol. The molecule has 1 heterocycles. The molecule has 2 aromatic rings. The van der Waals surface area contributed by atoms with E-state index in [0.29, 0.717) is 5.69 Å². The zero-order chi connectivity index (χ0) is 12.3. The molecule has 0 fully saturated rings. The molecule has 0 saturated heterocycles. The maximum absolute atomic E-state index is 11.7. The van der Waals surface area contributed by atoms with E-state index in [9.17, 15) is 4.79 Å². The molecular weight excluding hydrogens is 216 g/mol. The van der Waals surface area contributed by atoms with Gasteiger partial charge in [0.05, 0.1) is 18.5 Å². The second-order valence-corrected chi connectivity index (χ2v) is 3.61. The lowest BCUT2D eigenvalue weighted by Crippen LogP contribution is -2.10. The second-order valence-electron chi connectivity index (χ2n) is 3.61. The molecule has 0 spiro atoms. The van der Waals surface area contributed by atoms with Gasteiger partial charge in [0.25, 0.3) is 0 Å². The number of para-hydroxylation sites is 1. The first-order valence-electron chi connectivity index (χ1n) is 5.49. The SMILES string of the molecule is CCc1cc(C(=O)OC)n(-c2ccccc2)n1. The summed E-state index contributed by atoms with van der Waals surface area (Å²) in [7, 11) is 1.37. The molecule has 2 rings (SSSR count). The van der Waals surface area contributed by atoms with Crippen molar-refractivity contribution in [2.45, 2.75) is 13.3 Å². The normalized spacial score (nSPS) is 10.2. The van der Waals surface area contributed by atoms with Gasteiger partial charge in [0.2, 0.25) is 0 Å². The summed E-state index contributed by atoms with van der Waals surface area (Å²) in [6.45, 7) is 2.00. The highest BCUT2D eigenvalue weighted by molar-refractivity contribution is 5.88. The average molecular weight is 230 g/mol. The zero-order valence-corrected chi connectivity index (χ0v) is 9.88. The summed E-state index contributed by atoms with van der Waals surface area (Å²) in [5, 5.41) is 4.38. The molecular formula is C13H14N2O2. The largest absolute Gasteiger partial charge is 0.464 e. The molecule has 0 unspecified atom stereocenters. The third-order valence-corrected chi connectivity index (χ3v) is 2.52. The standard InChI is InChI=1S/C13H14N2O2/c1-3-10-9-12(13(16)17-2)15(14-10)11-7-5-4-6-8-11/h4-9H,3H2,1-2H3. The lowest BCUT2D eigenvalue weighted by atomic mass is 10.3. The molecule has 0 bridgehead atoms. The van der Waals surface area contributed by atoms with Crippen LogP contribution in [0.1, 0.15) is 23.1 Å². The van der Waals surface area contributed by atoms with Crippen molar-refractivity contribution in [2.75, 3.05) is 7.11 Å². The quantitative estimate of drug-likeness (QED) is 0.759. The van der Waals surface area contributed by atoms with Gasteiger partial charge >= 0.3 is 5.97 Å². The molecule has 1 aromatic heterocycles. The van der Waals surface area contributed by atoms with Gasteiger partial charge in [-0.1, -0.05) is 25.1 Å². The topological polar surface area (TPSA) is 44.1 Å². The first-order valence-corrected chi connectivity index (χ1v) is 5.49. The predicted molar refractivity (Wildman–Crippen MR) is 64.3 cm³/mol. The van der Waals surface area contributed by atoms with Crippen LogP contribution >= 0.6 is 0 Å². The lowest BCUT2D eigenvalue weighted by Gasteiger charge is -2.04. The van der Waals surface area contributed by atoms with Gasteiger partial charge in [-0.15, -0.1) is 0 Å². The van der Waals surface area contributed by atoms with Gasteiger partial charge in [-0.05, 0) is 24.6 Å². The van der Waals surface area contributed by atoms with Crippen molar-refractivity contribution in [1.29, 1.82) is 0 Å². The number of aryl methyl sites for hydroxylation is 1. The number of aromatic nitrogens is 2. The minimum atomic E-state index is -0.374. The number of hydrogen-bond acceptors (Lipinski definition) is 3. The summed E-state index contributed by atoms with van der Waals surface area (Å²) < 4.78 is 6.37. The fraction of sp³-hybridized carbons (Fsp3) is 0.231. The van der Waals surface area contributed by atoms with E-state index in [0.717, 1.165) is 17.8 Å². The van der Waals surface area contributed by atoms with E-state index in [1.54, 1.807) is 10.7 Å². The highest BCUT2D eigenvalue weighted by Gasteiger charge is 2.15. The van der Waals surface area contributed by atoms with Crippen molar-refractivity contribution < 1.29 is 9.53 Å². The number of nitrogens with zero attached hydrogens (tertiary/aromatic N) is 2. The number of rotatable bonds is 3. The van der Waals surface area contributed by atoms with Crippen molar-refractivity contribution in [3.63, 3.8) is 0 Å². The van der Waals surface area contributed by atoms with E-state index in [2.05, 4.69) is 5.10 Å². The molecule has 0 aliphatic rings. The van der Waals surface area contributed by atoms with Crippen molar-refractivity contribution in [3.05, 3.63) is 47.8 Å². The molecule has 0 N–H and O–H groups in total. The molecule has 0 atom stereocenters. The van der Waals surface area contributed by atoms with Crippen molar-refractivity contribution in [2.24, 2.45) is 0 Å². The van der Waals surface area contributed by atoms with Crippen LogP contribution in [0.25, 0.3) is 5.69 Å². The number of benzene rings is 1. The van der Waals surface area contributed by atoms with Crippen LogP contribution in [0.2, 0.25) is 0 Å². The van der Waals surface area contributed by atoms with Crippen LogP contribution in [0.15, 0.2) is 36.4 Å². The van der Waals surface area contributed by atoms with Crippen LogP contribution in [0.3, 0.4) is 0 Å². The van der Waals surface area contributed by atoms with Crippen LogP contribution < -0.4 is 0 Å². The number of ether oxygens (including phenoxy) is 1. The van der Waals surface area contributed by atoms with E-state index < -0.39 is 0 Å². The zero-order valence-electron chi connectivity index (χ0n) is 9.88. The van der Waals surface area contributed by atoms with Crippen LogP contribution in [0, 0.1) is 0 Å². The summed E-state index contributed by atoms with van der Waals surface area (Å²) in [4.78, 5) is 11.7. The van der Waals surface area contributed by atoms with Gasteiger partial charge in [0.1, 0.15) is 0 Å². The molecule has 88 valence electrons. The Morgan fingerprint density at radius 2 is 2.06 bits per heavy atom. The van der Waals surface area contributed by atoms with Gasteiger partial charge < -0.3 is 4.74 Å². The maximum Gasteiger partial charge on any atom is 0.356 e. The Bertz CT molecular complexity index is 517. The van der Waals surface area contributed by atoms with Gasteiger partial charge in [-0.2, -0.15) is 5.10 Å². The number of esters is 1. The summed E-state index contributed by atoms with van der Waals surface area (Å²) >= 11 is 0. The number of carbonyl (C=O) groups is 1. The van der Waals surface area contributed by atoms with E-state index in [4.69, 9.17) is 4.74 Å². The molecule has 0 aliphatic heterocycles. The van der Waals surface area contributed by atoms with Crippen LogP contribution in [-0.4, -0.2) is 22.9 Å². The Kier molecular flexibility index (Phi) is 3.23. The fourth-order valence-electron chi connectivity index (χ4n) is 1.62. The average Bonchev–Trinajstić information content (AvgIpc) is 2.83. The number of hydrogen-bond donors (Lipinski definition) is 0. The van der Waals surface area contributed by atoms with E-state index >= 15 is 0 Å². The molecule has 17 heavy (non-hydrogen) atoms. The Morgan fingerprint density at radius 1 is 1.35 bits per heavy atom. The highest BCUT2D eigenvalue weighted by atomic mass is 16.5. The first-order chi connectivity index (χ1) is 8.26. The maximum atomic E-state index is 11.7. The van der Waals surface area contributed by atoms with Gasteiger partial charge in [0.15, 0.2) is 5.69 Å². The van der Waals surface area contributed by atoms with Crippen LogP contribution in [0.4, 0.5) is 0 Å². The van der Waals surface area contributed by atoms with Gasteiger partial charge in [0, 0.05) is 0 Å². The smallest absolute Gasteiger partial charge is 0.356 e. The Labute approximate surface area is 99.8 Å². The highest BCUT2D eigenvalue weighted by Crippen LogP contribution is 2.13. The van der Waals surface area contributed by atoms with Crippen LogP contribution in [-0.2, 0) is 11.2 Å². The third-order valence-electron chi connectivity index (χ3n) is 2.52. The van der Waals surface area contributed by atoms with Crippen LogP contribution in [0.5, 0.6) is 0 Å². The molecule has 0 aliphatic carbocycles. The van der Waals surface area contributed by atoms with Gasteiger partial charge in [-0.25, -0.2) is 9.48 Å². The summed E-state index contributed by atoms with van der Waals surface area (Å²) in [6, 6.07) is 11.3. The fourth-order valence-corrected chi connectivity index (χ4v) is 1.62. The summed E-state index contributed by atoms with van der Waals surface area (Å²) in [5.74, 6) is -0.374. The summed E-state index contributed by atoms with van der Waals surface area (Å²) in [6.07, 6.45) is 0.782. The molecule has 4 heteroatoms. The number of carbonyl (C=O) groups excluding carboxylic acids is 1. The van der Waals surface area contributed by atoms with Crippen molar-refractivity contribution >= 4 is 5.97 Å². The Hall–Kier alpha value is -2.10. The Morgan fingerprint density at radius 3 is 2.65 bits per heavy atom. The molecule has 0 radical (unpaired) electrons. The summed E-state index contributed by atoms with van der Waals surface area (Å²) in [5.41, 5.74) is 2.18. The predicted octanol–water partition coefficient (Wildman–Crippen LogP) is 2.22. The minimum absolute atomic E-state index is 0.374. The van der Waals surface area contributed by atoms with Gasteiger partial charge in [-0.3, -0.25) is 0 Å². The number of methoxy groups -OCH3 is 1. The van der Waals surface area contributed by atoms with Crippen molar-refractivity contribution in [1.82, 2.24) is 9.78 Å². The molecule has 4 nitrogen and oxygen atoms in total. The van der Waals surface area contributed by atoms with E-state index in [1.165, 1.54) is 7.11 Å². The molecule has 0 saturated carbocycles. The minimum Gasteiger partial charge on any atom is -0.464 e. The Balaban J connectivity index is 2.52. The molecule has 1 aromatic carbocycles. The van der Waals surface area contributed by atoms with E-state index in [-0.39, 0.29) is 5.97 Å². The van der Waals surface area contributed by atoms with E-state index in [1.807, 2.05) is 37.3 Å². The third kappa shape index (κ3) is 2.20. The second kappa shape index (κ2) is 4.82.